The average molecular weight is 389 g/mol. The van der Waals surface area contributed by atoms with Gasteiger partial charge in [0.05, 0.1) is 6.61 Å². The van der Waals surface area contributed by atoms with Crippen LogP contribution < -0.4 is 0 Å². The lowest BCUT2D eigenvalue weighted by atomic mass is 9.78. The molecule has 0 amide bonds. The van der Waals surface area contributed by atoms with E-state index >= 15 is 0 Å². The molecule has 0 atom stereocenters. The van der Waals surface area contributed by atoms with Crippen molar-refractivity contribution in [2.24, 2.45) is 0 Å². The van der Waals surface area contributed by atoms with Gasteiger partial charge in [-0.1, -0.05) is 60.3 Å². The summed E-state index contributed by atoms with van der Waals surface area (Å²) >= 11 is 0. The number of phenols is 1. The lowest BCUT2D eigenvalue weighted by Gasteiger charge is -2.28. The SMILES string of the molecule is C=C(C)C(=O)OCCCC(=O)CCc1cc(C(C)(C)C)c(O)c(C(C)(C)C)c1. The molecule has 0 radical (unpaired) electrons. The van der Waals surface area contributed by atoms with Crippen molar-refractivity contribution in [2.45, 2.75) is 85.0 Å². The fourth-order valence-electron chi connectivity index (χ4n) is 2.95. The molecular formula is C24H36O4. The third-order valence-corrected chi connectivity index (χ3v) is 4.66. The molecule has 4 heteroatoms. The number of Topliss-reactive ketones (excluding diaryl/α,β-unsaturated/α-hetero) is 1. The van der Waals surface area contributed by atoms with Crippen LogP contribution in [0.25, 0.3) is 0 Å². The molecule has 0 saturated heterocycles. The standard InChI is InChI=1S/C24H36O4/c1-16(2)22(27)28-13-9-10-18(25)12-11-17-14-19(23(3,4)5)21(26)20(15-17)24(6,7)8/h14-15,26H,1,9-13H2,2-8H3. The molecule has 0 fully saturated rings. The molecule has 0 aliphatic heterocycles. The molecule has 0 heterocycles. The minimum Gasteiger partial charge on any atom is -0.507 e. The number of aromatic hydroxyl groups is 1. The summed E-state index contributed by atoms with van der Waals surface area (Å²) in [5, 5.41) is 10.8. The van der Waals surface area contributed by atoms with Crippen LogP contribution in [0.3, 0.4) is 0 Å². The second-order valence-corrected chi connectivity index (χ2v) is 9.60. The molecule has 1 rings (SSSR count). The van der Waals surface area contributed by atoms with Gasteiger partial charge in [0.2, 0.25) is 0 Å². The van der Waals surface area contributed by atoms with Gasteiger partial charge in [-0.25, -0.2) is 4.79 Å². The Bertz CT molecular complexity index is 695. The predicted molar refractivity (Wildman–Crippen MR) is 114 cm³/mol. The summed E-state index contributed by atoms with van der Waals surface area (Å²) in [5.74, 6) is 0.0874. The van der Waals surface area contributed by atoms with E-state index in [1.165, 1.54) is 0 Å². The summed E-state index contributed by atoms with van der Waals surface area (Å²) in [5.41, 5.74) is 2.88. The van der Waals surface area contributed by atoms with Crippen LogP contribution in [0.5, 0.6) is 5.75 Å². The number of esters is 1. The smallest absolute Gasteiger partial charge is 0.333 e. The van der Waals surface area contributed by atoms with E-state index in [0.29, 0.717) is 37.0 Å². The second kappa shape index (κ2) is 9.40. The Morgan fingerprint density at radius 2 is 1.50 bits per heavy atom. The highest BCUT2D eigenvalue weighted by Crippen LogP contribution is 2.40. The van der Waals surface area contributed by atoms with E-state index < -0.39 is 5.97 Å². The molecule has 156 valence electrons. The highest BCUT2D eigenvalue weighted by molar-refractivity contribution is 5.87. The Hall–Kier alpha value is -2.10. The van der Waals surface area contributed by atoms with E-state index in [2.05, 4.69) is 48.1 Å². The molecule has 0 aliphatic carbocycles. The lowest BCUT2D eigenvalue weighted by Crippen LogP contribution is -2.18. The van der Waals surface area contributed by atoms with Crippen LogP contribution >= 0.6 is 0 Å². The van der Waals surface area contributed by atoms with Crippen LogP contribution in [-0.4, -0.2) is 23.5 Å². The molecule has 1 aromatic carbocycles. The molecule has 0 unspecified atom stereocenters. The quantitative estimate of drug-likeness (QED) is 0.368. The van der Waals surface area contributed by atoms with Crippen LogP contribution in [0, 0.1) is 0 Å². The van der Waals surface area contributed by atoms with Gasteiger partial charge in [-0.3, -0.25) is 4.79 Å². The zero-order valence-corrected chi connectivity index (χ0v) is 18.6. The van der Waals surface area contributed by atoms with Gasteiger partial charge in [0.15, 0.2) is 0 Å². The van der Waals surface area contributed by atoms with Crippen LogP contribution in [0.2, 0.25) is 0 Å². The number of ketones is 1. The van der Waals surface area contributed by atoms with Crippen molar-refractivity contribution in [1.82, 2.24) is 0 Å². The van der Waals surface area contributed by atoms with Crippen molar-refractivity contribution in [3.05, 3.63) is 41.0 Å². The van der Waals surface area contributed by atoms with Gasteiger partial charge >= 0.3 is 5.97 Å². The van der Waals surface area contributed by atoms with E-state index in [9.17, 15) is 14.7 Å². The summed E-state index contributed by atoms with van der Waals surface area (Å²) in [6.07, 6.45) is 1.98. The maximum Gasteiger partial charge on any atom is 0.333 e. The number of hydrogen-bond acceptors (Lipinski definition) is 4. The molecule has 0 saturated carbocycles. The number of phenolic OH excluding ortho intramolecular Hbond substituents is 1. The number of benzene rings is 1. The number of carbonyl (C=O) groups is 2. The zero-order valence-electron chi connectivity index (χ0n) is 18.6. The molecule has 0 spiro atoms. The van der Waals surface area contributed by atoms with Crippen LogP contribution in [-0.2, 0) is 31.6 Å². The normalized spacial score (nSPS) is 12.0. The van der Waals surface area contributed by atoms with Crippen molar-refractivity contribution >= 4 is 11.8 Å². The Balaban J connectivity index is 2.77. The summed E-state index contributed by atoms with van der Waals surface area (Å²) < 4.78 is 5.02. The topological polar surface area (TPSA) is 63.6 Å². The summed E-state index contributed by atoms with van der Waals surface area (Å²) in [6.45, 7) is 17.8. The molecule has 0 aliphatic rings. The Morgan fingerprint density at radius 3 is 1.93 bits per heavy atom. The van der Waals surface area contributed by atoms with E-state index in [1.54, 1.807) is 6.92 Å². The largest absolute Gasteiger partial charge is 0.507 e. The van der Waals surface area contributed by atoms with Gasteiger partial charge in [-0.05, 0) is 47.3 Å². The number of rotatable bonds is 8. The molecular weight excluding hydrogens is 352 g/mol. The average Bonchev–Trinajstić information content (AvgIpc) is 2.55. The number of hydrogen-bond donors (Lipinski definition) is 1. The zero-order chi connectivity index (χ0) is 21.7. The fourth-order valence-corrected chi connectivity index (χ4v) is 2.95. The van der Waals surface area contributed by atoms with Crippen LogP contribution in [0.4, 0.5) is 0 Å². The minimum atomic E-state index is -0.416. The first-order chi connectivity index (χ1) is 12.7. The Labute approximate surface area is 170 Å². The van der Waals surface area contributed by atoms with Gasteiger partial charge in [0.25, 0.3) is 0 Å². The number of carbonyl (C=O) groups excluding carboxylic acids is 2. The van der Waals surface area contributed by atoms with Crippen molar-refractivity contribution in [2.75, 3.05) is 6.61 Å². The first kappa shape index (κ1) is 23.9. The second-order valence-electron chi connectivity index (χ2n) is 9.60. The van der Waals surface area contributed by atoms with E-state index in [4.69, 9.17) is 4.74 Å². The monoisotopic (exact) mass is 388 g/mol. The van der Waals surface area contributed by atoms with E-state index in [0.717, 1.165) is 16.7 Å². The van der Waals surface area contributed by atoms with Crippen molar-refractivity contribution in [3.8, 4) is 5.75 Å². The predicted octanol–water partition coefficient (Wildman–Crippen LogP) is 5.39. The van der Waals surface area contributed by atoms with Crippen LogP contribution in [0.1, 0.15) is 84.4 Å². The molecule has 0 aromatic heterocycles. The molecule has 1 aromatic rings. The molecule has 28 heavy (non-hydrogen) atoms. The van der Waals surface area contributed by atoms with Crippen LogP contribution in [0.15, 0.2) is 24.3 Å². The van der Waals surface area contributed by atoms with Gasteiger partial charge < -0.3 is 9.84 Å². The van der Waals surface area contributed by atoms with E-state index in [1.807, 2.05) is 12.1 Å². The molecule has 1 N–H and O–H groups in total. The molecule has 4 nitrogen and oxygen atoms in total. The first-order valence-electron chi connectivity index (χ1n) is 9.94. The van der Waals surface area contributed by atoms with Crippen molar-refractivity contribution in [1.29, 1.82) is 0 Å². The maximum absolute atomic E-state index is 12.2. The third kappa shape index (κ3) is 7.14. The molecule has 0 bridgehead atoms. The van der Waals surface area contributed by atoms with Crippen molar-refractivity contribution in [3.63, 3.8) is 0 Å². The highest BCUT2D eigenvalue weighted by atomic mass is 16.5. The maximum atomic E-state index is 12.2. The number of aryl methyl sites for hydroxylation is 1. The fraction of sp³-hybridized carbons (Fsp3) is 0.583. The first-order valence-corrected chi connectivity index (χ1v) is 9.94. The van der Waals surface area contributed by atoms with Gasteiger partial charge in [0, 0.05) is 18.4 Å². The minimum absolute atomic E-state index is 0.147. The van der Waals surface area contributed by atoms with Gasteiger partial charge in [-0.2, -0.15) is 0 Å². The lowest BCUT2D eigenvalue weighted by molar-refractivity contribution is -0.139. The van der Waals surface area contributed by atoms with Crippen molar-refractivity contribution < 1.29 is 19.4 Å². The highest BCUT2D eigenvalue weighted by Gasteiger charge is 2.26. The van der Waals surface area contributed by atoms with Gasteiger partial charge in [-0.15, -0.1) is 0 Å². The summed E-state index contributed by atoms with van der Waals surface area (Å²) in [4.78, 5) is 23.5. The Kier molecular flexibility index (Phi) is 8.04. The number of ether oxygens (including phenoxy) is 1. The van der Waals surface area contributed by atoms with E-state index in [-0.39, 0.29) is 23.2 Å². The summed E-state index contributed by atoms with van der Waals surface area (Å²) in [6, 6.07) is 4.04. The third-order valence-electron chi connectivity index (χ3n) is 4.66. The Morgan fingerprint density at radius 1 is 1.00 bits per heavy atom. The summed E-state index contributed by atoms with van der Waals surface area (Å²) in [7, 11) is 0. The van der Waals surface area contributed by atoms with Gasteiger partial charge in [0.1, 0.15) is 11.5 Å².